The second kappa shape index (κ2) is 6.59. The van der Waals surface area contributed by atoms with Gasteiger partial charge >= 0.3 is 0 Å². The van der Waals surface area contributed by atoms with Crippen LogP contribution in [0.4, 0.5) is 5.69 Å². The number of nitrogens with two attached hydrogens (primary N) is 1. The number of fused-ring (bicyclic) bond motifs is 2. The van der Waals surface area contributed by atoms with Gasteiger partial charge < -0.3 is 20.6 Å². The van der Waals surface area contributed by atoms with E-state index in [0.29, 0.717) is 22.7 Å². The number of aliphatic hydroxyl groups is 1. The third-order valence-corrected chi connectivity index (χ3v) is 4.18. The number of nitrogens with one attached hydrogen (secondary N) is 1. The lowest BCUT2D eigenvalue weighted by atomic mass is 10.1. The zero-order chi connectivity index (χ0) is 18.1. The third-order valence-electron chi connectivity index (χ3n) is 4.18. The summed E-state index contributed by atoms with van der Waals surface area (Å²) in [5.41, 5.74) is 8.19. The molecule has 0 unspecified atom stereocenters. The number of aromatic nitrogens is 1. The quantitative estimate of drug-likeness (QED) is 0.527. The van der Waals surface area contributed by atoms with Crippen LogP contribution in [-0.2, 0) is 4.79 Å². The Kier molecular flexibility index (Phi) is 4.12. The summed E-state index contributed by atoms with van der Waals surface area (Å²) in [7, 11) is 0. The maximum Gasteiger partial charge on any atom is 0.243 e. The summed E-state index contributed by atoms with van der Waals surface area (Å²) in [5, 5.41) is 13.9. The van der Waals surface area contributed by atoms with Crippen molar-refractivity contribution in [2.24, 2.45) is 5.73 Å². The molecule has 0 aliphatic rings. The van der Waals surface area contributed by atoms with E-state index >= 15 is 0 Å². The average Bonchev–Trinajstić information content (AvgIpc) is 3.10. The fraction of sp³-hybridized carbons (Fsp3) is 0.100. The smallest absolute Gasteiger partial charge is 0.243 e. The summed E-state index contributed by atoms with van der Waals surface area (Å²) in [4.78, 5) is 16.3. The van der Waals surface area contributed by atoms with Gasteiger partial charge in [0.2, 0.25) is 11.8 Å². The monoisotopic (exact) mass is 347 g/mol. The molecule has 1 heterocycles. The topological polar surface area (TPSA) is 101 Å². The minimum Gasteiger partial charge on any atom is -0.436 e. The van der Waals surface area contributed by atoms with Crippen molar-refractivity contribution in [2.45, 2.75) is 6.04 Å². The van der Waals surface area contributed by atoms with Gasteiger partial charge in [-0.25, -0.2) is 4.98 Å². The van der Waals surface area contributed by atoms with E-state index in [1.165, 1.54) is 0 Å². The zero-order valence-corrected chi connectivity index (χ0v) is 13.8. The second-order valence-corrected chi connectivity index (χ2v) is 6.04. The van der Waals surface area contributed by atoms with Crippen molar-refractivity contribution in [1.82, 2.24) is 4.98 Å². The van der Waals surface area contributed by atoms with Gasteiger partial charge in [0.15, 0.2) is 5.58 Å². The molecule has 0 spiro atoms. The van der Waals surface area contributed by atoms with Crippen LogP contribution in [0.2, 0.25) is 0 Å². The van der Waals surface area contributed by atoms with Crippen LogP contribution in [0.25, 0.3) is 33.3 Å². The van der Waals surface area contributed by atoms with Gasteiger partial charge in [0, 0.05) is 11.3 Å². The molecule has 0 radical (unpaired) electrons. The van der Waals surface area contributed by atoms with Crippen molar-refractivity contribution in [3.05, 3.63) is 60.7 Å². The summed E-state index contributed by atoms with van der Waals surface area (Å²) in [6, 6.07) is 18.3. The summed E-state index contributed by atoms with van der Waals surface area (Å²) < 4.78 is 5.84. The van der Waals surface area contributed by atoms with Crippen LogP contribution in [0.15, 0.2) is 65.1 Å². The zero-order valence-electron chi connectivity index (χ0n) is 13.8. The second-order valence-electron chi connectivity index (χ2n) is 6.04. The molecule has 4 rings (SSSR count). The lowest BCUT2D eigenvalue weighted by Crippen LogP contribution is -2.38. The van der Waals surface area contributed by atoms with E-state index in [-0.39, 0.29) is 0 Å². The predicted octanol–water partition coefficient (Wildman–Crippen LogP) is 2.91. The Labute approximate surface area is 149 Å². The Balaban J connectivity index is 1.67. The van der Waals surface area contributed by atoms with Crippen LogP contribution in [0.5, 0.6) is 0 Å². The minimum absolute atomic E-state index is 0.413. The summed E-state index contributed by atoms with van der Waals surface area (Å²) >= 11 is 0. The highest BCUT2D eigenvalue weighted by molar-refractivity contribution is 5.96. The molecule has 130 valence electrons. The highest BCUT2D eigenvalue weighted by atomic mass is 16.3. The minimum atomic E-state index is -0.962. The molecular formula is C20H17N3O3. The number of oxazole rings is 1. The Morgan fingerprint density at radius 1 is 1.12 bits per heavy atom. The highest BCUT2D eigenvalue weighted by Gasteiger charge is 2.14. The van der Waals surface area contributed by atoms with Gasteiger partial charge in [-0.1, -0.05) is 30.3 Å². The summed E-state index contributed by atoms with van der Waals surface area (Å²) in [5.74, 6) is 0.0615. The van der Waals surface area contributed by atoms with Crippen LogP contribution in [0.1, 0.15) is 0 Å². The largest absolute Gasteiger partial charge is 0.436 e. The first-order valence-corrected chi connectivity index (χ1v) is 8.21. The Morgan fingerprint density at radius 2 is 1.92 bits per heavy atom. The molecular weight excluding hydrogens is 330 g/mol. The van der Waals surface area contributed by atoms with Gasteiger partial charge in [0.25, 0.3) is 0 Å². The number of rotatable bonds is 4. The van der Waals surface area contributed by atoms with Crippen molar-refractivity contribution < 1.29 is 14.3 Å². The summed E-state index contributed by atoms with van der Waals surface area (Å²) in [6.45, 7) is -0.413. The molecule has 0 fully saturated rings. The highest BCUT2D eigenvalue weighted by Crippen LogP contribution is 2.28. The number of carbonyl (C=O) groups excluding carboxylic acids is 1. The van der Waals surface area contributed by atoms with Gasteiger partial charge in [-0.2, -0.15) is 0 Å². The lowest BCUT2D eigenvalue weighted by molar-refractivity contribution is -0.118. The molecule has 0 bridgehead atoms. The molecule has 0 saturated heterocycles. The fourth-order valence-electron chi connectivity index (χ4n) is 2.77. The van der Waals surface area contributed by atoms with Crippen LogP contribution in [-0.4, -0.2) is 28.6 Å². The van der Waals surface area contributed by atoms with E-state index in [1.54, 1.807) is 18.2 Å². The molecule has 4 aromatic rings. The normalized spacial score (nSPS) is 12.4. The lowest BCUT2D eigenvalue weighted by Gasteiger charge is -2.08. The van der Waals surface area contributed by atoms with E-state index < -0.39 is 18.6 Å². The summed E-state index contributed by atoms with van der Waals surface area (Å²) in [6.07, 6.45) is 0. The first-order chi connectivity index (χ1) is 12.6. The number of hydrogen-bond donors (Lipinski definition) is 3. The maximum atomic E-state index is 11.8. The van der Waals surface area contributed by atoms with Crippen LogP contribution >= 0.6 is 0 Å². The molecule has 1 amide bonds. The first-order valence-electron chi connectivity index (χ1n) is 8.21. The molecule has 0 aliphatic heterocycles. The first kappa shape index (κ1) is 16.3. The van der Waals surface area contributed by atoms with Gasteiger partial charge in [-0.15, -0.1) is 0 Å². The Bertz CT molecular complexity index is 1100. The van der Waals surface area contributed by atoms with Crippen molar-refractivity contribution in [3.8, 4) is 11.5 Å². The molecule has 6 nitrogen and oxygen atoms in total. The van der Waals surface area contributed by atoms with E-state index in [0.717, 1.165) is 16.3 Å². The molecule has 6 heteroatoms. The van der Waals surface area contributed by atoms with Crippen LogP contribution < -0.4 is 11.1 Å². The number of carbonyl (C=O) groups is 1. The molecule has 0 aliphatic carbocycles. The number of hydrogen-bond acceptors (Lipinski definition) is 5. The Morgan fingerprint density at radius 3 is 2.73 bits per heavy atom. The maximum absolute atomic E-state index is 11.8. The molecule has 1 atom stereocenters. The van der Waals surface area contributed by atoms with Crippen LogP contribution in [0.3, 0.4) is 0 Å². The Hall–Kier alpha value is -3.22. The van der Waals surface area contributed by atoms with Gasteiger partial charge in [0.05, 0.1) is 6.61 Å². The van der Waals surface area contributed by atoms with E-state index in [1.807, 2.05) is 36.4 Å². The number of nitrogens with zero attached hydrogens (tertiary/aromatic N) is 1. The molecule has 26 heavy (non-hydrogen) atoms. The molecule has 3 aromatic carbocycles. The van der Waals surface area contributed by atoms with Crippen molar-refractivity contribution in [3.63, 3.8) is 0 Å². The van der Waals surface area contributed by atoms with E-state index in [4.69, 9.17) is 15.3 Å². The standard InChI is InChI=1S/C20H17N3O3/c21-16(11-24)19(25)22-15-7-8-18-17(10-15)23-20(26-18)14-6-5-12-3-1-2-4-13(12)9-14/h1-10,16,24H,11,21H2,(H,22,25)/t16-/m0/s1. The molecule has 1 aromatic heterocycles. The fourth-order valence-corrected chi connectivity index (χ4v) is 2.77. The third kappa shape index (κ3) is 3.03. The van der Waals surface area contributed by atoms with E-state index in [9.17, 15) is 4.79 Å². The number of amides is 1. The van der Waals surface area contributed by atoms with Gasteiger partial charge in [-0.05, 0) is 41.1 Å². The van der Waals surface area contributed by atoms with Crippen molar-refractivity contribution in [1.29, 1.82) is 0 Å². The molecule has 4 N–H and O–H groups in total. The number of benzene rings is 3. The van der Waals surface area contributed by atoms with Gasteiger partial charge in [0.1, 0.15) is 11.6 Å². The SMILES string of the molecule is N[C@@H](CO)C(=O)Nc1ccc2oc(-c3ccc4ccccc4c3)nc2c1. The molecule has 0 saturated carbocycles. The number of aliphatic hydroxyl groups excluding tert-OH is 1. The van der Waals surface area contributed by atoms with E-state index in [2.05, 4.69) is 16.4 Å². The van der Waals surface area contributed by atoms with Crippen molar-refractivity contribution >= 4 is 33.5 Å². The average molecular weight is 347 g/mol. The van der Waals surface area contributed by atoms with Gasteiger partial charge in [-0.3, -0.25) is 4.79 Å². The van der Waals surface area contributed by atoms with Crippen molar-refractivity contribution in [2.75, 3.05) is 11.9 Å². The van der Waals surface area contributed by atoms with Crippen LogP contribution in [0, 0.1) is 0 Å². The predicted molar refractivity (Wildman–Crippen MR) is 101 cm³/mol. The number of anilines is 1.